The molecule has 2 atom stereocenters. The van der Waals surface area contributed by atoms with Gasteiger partial charge in [0.15, 0.2) is 0 Å². The predicted molar refractivity (Wildman–Crippen MR) is 69.4 cm³/mol. The molecule has 2 N–H and O–H groups in total. The highest BCUT2D eigenvalue weighted by Gasteiger charge is 2.20. The van der Waals surface area contributed by atoms with E-state index in [0.29, 0.717) is 6.42 Å². The van der Waals surface area contributed by atoms with Gasteiger partial charge in [0.25, 0.3) is 0 Å². The molecule has 102 valence electrons. The Bertz CT molecular complexity index is 379. The molecular weight excluding hydrogens is 276 g/mol. The second-order valence-electron chi connectivity index (χ2n) is 3.99. The van der Waals surface area contributed by atoms with Gasteiger partial charge in [0.1, 0.15) is 0 Å². The molecule has 0 aromatic carbocycles. The first-order chi connectivity index (χ1) is 8.58. The van der Waals surface area contributed by atoms with Crippen LogP contribution in [0.4, 0.5) is 0 Å². The van der Waals surface area contributed by atoms with Crippen molar-refractivity contribution in [1.29, 1.82) is 0 Å². The van der Waals surface area contributed by atoms with Crippen molar-refractivity contribution in [3.63, 3.8) is 0 Å². The summed E-state index contributed by atoms with van der Waals surface area (Å²) in [6.07, 6.45) is 1.51. The third kappa shape index (κ3) is 4.58. The summed E-state index contributed by atoms with van der Waals surface area (Å²) >= 11 is 2.47. The lowest BCUT2D eigenvalue weighted by Gasteiger charge is -2.15. The summed E-state index contributed by atoms with van der Waals surface area (Å²) in [5, 5.41) is 22.4. The van der Waals surface area contributed by atoms with Crippen LogP contribution in [0.5, 0.6) is 0 Å². The first-order valence-electron chi connectivity index (χ1n) is 5.54. The third-order valence-corrected chi connectivity index (χ3v) is 4.51. The summed E-state index contributed by atoms with van der Waals surface area (Å²) in [7, 11) is 0. The van der Waals surface area contributed by atoms with Crippen LogP contribution in [0.1, 0.15) is 37.5 Å². The molecule has 0 saturated carbocycles. The van der Waals surface area contributed by atoms with Gasteiger partial charge in [0.05, 0.1) is 18.0 Å². The van der Waals surface area contributed by atoms with E-state index in [2.05, 4.69) is 9.37 Å². The van der Waals surface area contributed by atoms with Gasteiger partial charge in [-0.1, -0.05) is 18.9 Å². The van der Waals surface area contributed by atoms with Gasteiger partial charge in [0, 0.05) is 15.2 Å². The highest BCUT2D eigenvalue weighted by molar-refractivity contribution is 7.94. The van der Waals surface area contributed by atoms with E-state index in [-0.39, 0.29) is 11.8 Å². The zero-order valence-electron chi connectivity index (χ0n) is 10.2. The lowest BCUT2D eigenvalue weighted by molar-refractivity contribution is -0.432. The summed E-state index contributed by atoms with van der Waals surface area (Å²) in [4.78, 5) is 12.8. The number of hydrogen-bond donors (Lipinski definition) is 2. The van der Waals surface area contributed by atoms with Gasteiger partial charge in [-0.15, -0.1) is 15.7 Å². The van der Waals surface area contributed by atoms with Crippen molar-refractivity contribution in [2.45, 2.75) is 37.5 Å². The molecule has 0 aliphatic heterocycles. The molecule has 18 heavy (non-hydrogen) atoms. The minimum atomic E-state index is -0.767. The van der Waals surface area contributed by atoms with Crippen LogP contribution in [-0.4, -0.2) is 16.3 Å². The summed E-state index contributed by atoms with van der Waals surface area (Å²) < 4.78 is 4.35. The minimum Gasteiger partial charge on any atom is -0.481 e. The van der Waals surface area contributed by atoms with E-state index in [1.165, 1.54) is 0 Å². The van der Waals surface area contributed by atoms with Crippen LogP contribution in [0.2, 0.25) is 0 Å². The SMILES string of the molecule is CCC(CC(C)C(=O)O)c1cc(SOOO)cs1. The average Bonchev–Trinajstić information content (AvgIpc) is 2.81. The molecular formula is C11H16O5S2. The maximum atomic E-state index is 10.9. The number of carbonyl (C=O) groups is 1. The van der Waals surface area contributed by atoms with Gasteiger partial charge >= 0.3 is 5.97 Å². The molecule has 0 bridgehead atoms. The molecule has 0 saturated heterocycles. The largest absolute Gasteiger partial charge is 0.481 e. The smallest absolute Gasteiger partial charge is 0.306 e. The standard InChI is InChI=1S/C11H16O5S2/c1-3-8(4-7(2)11(12)13)10-5-9(6-17-10)18-16-15-14/h5-8,14H,3-4H2,1-2H3,(H,12,13). The topological polar surface area (TPSA) is 76.0 Å². The fourth-order valence-electron chi connectivity index (χ4n) is 1.66. The Morgan fingerprint density at radius 1 is 1.61 bits per heavy atom. The van der Waals surface area contributed by atoms with Crippen molar-refractivity contribution < 1.29 is 24.5 Å². The summed E-state index contributed by atoms with van der Waals surface area (Å²) in [6.45, 7) is 3.76. The van der Waals surface area contributed by atoms with Gasteiger partial charge in [0.2, 0.25) is 0 Å². The normalized spacial score (nSPS) is 14.4. The van der Waals surface area contributed by atoms with Crippen molar-refractivity contribution in [3.05, 3.63) is 16.3 Å². The van der Waals surface area contributed by atoms with Crippen molar-refractivity contribution in [3.8, 4) is 0 Å². The van der Waals surface area contributed by atoms with Crippen LogP contribution < -0.4 is 0 Å². The highest BCUT2D eigenvalue weighted by Crippen LogP contribution is 2.35. The summed E-state index contributed by atoms with van der Waals surface area (Å²) in [5.74, 6) is -0.896. The summed E-state index contributed by atoms with van der Waals surface area (Å²) in [5.41, 5.74) is 0. The van der Waals surface area contributed by atoms with Crippen LogP contribution in [0.3, 0.4) is 0 Å². The van der Waals surface area contributed by atoms with Crippen molar-refractivity contribution in [2.75, 3.05) is 0 Å². The van der Waals surface area contributed by atoms with Crippen LogP contribution in [0.15, 0.2) is 16.3 Å². The number of thiophene rings is 1. The first kappa shape index (κ1) is 15.5. The van der Waals surface area contributed by atoms with Crippen molar-refractivity contribution in [2.24, 2.45) is 5.92 Å². The monoisotopic (exact) mass is 292 g/mol. The number of carboxylic acid groups (broad SMARTS) is 1. The quantitative estimate of drug-likeness (QED) is 0.431. The molecule has 0 spiro atoms. The predicted octanol–water partition coefficient (Wildman–Crippen LogP) is 3.78. The van der Waals surface area contributed by atoms with E-state index in [9.17, 15) is 4.79 Å². The molecule has 5 nitrogen and oxygen atoms in total. The molecule has 0 aliphatic rings. The maximum absolute atomic E-state index is 10.9. The van der Waals surface area contributed by atoms with E-state index in [1.807, 2.05) is 18.4 Å². The van der Waals surface area contributed by atoms with Gasteiger partial charge in [-0.05, 0) is 24.8 Å². The second kappa shape index (κ2) is 7.75. The Balaban J connectivity index is 2.64. The van der Waals surface area contributed by atoms with Crippen molar-refractivity contribution >= 4 is 29.3 Å². The second-order valence-corrected chi connectivity index (χ2v) is 5.71. The lowest BCUT2D eigenvalue weighted by Crippen LogP contribution is -2.13. The Morgan fingerprint density at radius 2 is 2.33 bits per heavy atom. The van der Waals surface area contributed by atoms with Gasteiger partial charge in [-0.25, -0.2) is 5.26 Å². The van der Waals surface area contributed by atoms with Crippen LogP contribution in [0.25, 0.3) is 0 Å². The van der Waals surface area contributed by atoms with Crippen LogP contribution >= 0.6 is 23.4 Å². The van der Waals surface area contributed by atoms with E-state index in [4.69, 9.17) is 10.4 Å². The third-order valence-electron chi connectivity index (χ3n) is 2.71. The maximum Gasteiger partial charge on any atom is 0.306 e. The zero-order valence-corrected chi connectivity index (χ0v) is 11.8. The molecule has 1 heterocycles. The summed E-state index contributed by atoms with van der Waals surface area (Å²) in [6, 6.07) is 1.93. The highest BCUT2D eigenvalue weighted by atomic mass is 32.2. The lowest BCUT2D eigenvalue weighted by atomic mass is 9.92. The molecule has 7 heteroatoms. The molecule has 0 aliphatic carbocycles. The molecule has 2 unspecified atom stereocenters. The van der Waals surface area contributed by atoms with Crippen LogP contribution in [0, 0.1) is 5.92 Å². The number of aliphatic carboxylic acids is 1. The number of rotatable bonds is 8. The fourth-order valence-corrected chi connectivity index (χ4v) is 3.29. The molecule has 1 rings (SSSR count). The Morgan fingerprint density at radius 3 is 2.89 bits per heavy atom. The Kier molecular flexibility index (Phi) is 6.66. The van der Waals surface area contributed by atoms with Gasteiger partial charge in [-0.2, -0.15) is 0 Å². The molecule has 0 radical (unpaired) electrons. The fraction of sp³-hybridized carbons (Fsp3) is 0.545. The van der Waals surface area contributed by atoms with Crippen LogP contribution in [-0.2, 0) is 14.2 Å². The number of hydrogen-bond acceptors (Lipinski definition) is 6. The molecule has 0 fully saturated rings. The van der Waals surface area contributed by atoms with Crippen molar-refractivity contribution in [1.82, 2.24) is 0 Å². The van der Waals surface area contributed by atoms with E-state index in [0.717, 1.165) is 28.2 Å². The van der Waals surface area contributed by atoms with Gasteiger partial charge < -0.3 is 5.11 Å². The minimum absolute atomic E-state index is 0.227. The molecule has 1 aromatic rings. The van der Waals surface area contributed by atoms with E-state index in [1.54, 1.807) is 18.3 Å². The average molecular weight is 292 g/mol. The van der Waals surface area contributed by atoms with E-state index >= 15 is 0 Å². The first-order valence-corrected chi connectivity index (χ1v) is 7.16. The van der Waals surface area contributed by atoms with Gasteiger partial charge in [-0.3, -0.25) is 4.79 Å². The molecule has 1 aromatic heterocycles. The Hall–Kier alpha value is -0.600. The van der Waals surface area contributed by atoms with E-state index < -0.39 is 5.97 Å². The number of carboxylic acids is 1. The Labute approximate surface area is 114 Å². The molecule has 0 amide bonds. The zero-order chi connectivity index (χ0) is 13.5.